The highest BCUT2D eigenvalue weighted by atomic mass is 32.2. The summed E-state index contributed by atoms with van der Waals surface area (Å²) in [6.07, 6.45) is 1.25. The van der Waals surface area contributed by atoms with Gasteiger partial charge in [0.2, 0.25) is 10.0 Å². The van der Waals surface area contributed by atoms with E-state index in [4.69, 9.17) is 9.84 Å². The number of methoxy groups -OCH3 is 1. The molecule has 0 aliphatic carbocycles. The van der Waals surface area contributed by atoms with Gasteiger partial charge in [0.25, 0.3) is 0 Å². The summed E-state index contributed by atoms with van der Waals surface area (Å²) in [5.41, 5.74) is -0.157. The van der Waals surface area contributed by atoms with E-state index in [-0.39, 0.29) is 22.8 Å². The predicted molar refractivity (Wildman–Crippen MR) is 70.4 cm³/mol. The normalized spacial score (nSPS) is 11.3. The smallest absolute Gasteiger partial charge is 0.335 e. The molecule has 10 heteroatoms. The maximum absolute atomic E-state index is 12.2. The number of carboxylic acid groups (broad SMARTS) is 1. The Bertz CT molecular complexity index is 742. The zero-order chi connectivity index (χ0) is 15.5. The highest BCUT2D eigenvalue weighted by molar-refractivity contribution is 7.89. The van der Waals surface area contributed by atoms with Gasteiger partial charge in [0.15, 0.2) is 0 Å². The molecule has 0 spiro atoms. The fraction of sp³-hybridized carbons (Fsp3) is 0.182. The lowest BCUT2D eigenvalue weighted by atomic mass is 10.2. The van der Waals surface area contributed by atoms with Gasteiger partial charge in [0.1, 0.15) is 22.8 Å². The van der Waals surface area contributed by atoms with Gasteiger partial charge in [-0.25, -0.2) is 22.9 Å². The van der Waals surface area contributed by atoms with Crippen LogP contribution in [0, 0.1) is 0 Å². The van der Waals surface area contributed by atoms with Gasteiger partial charge in [-0.15, -0.1) is 0 Å². The summed E-state index contributed by atoms with van der Waals surface area (Å²) in [6.45, 7) is -0.108. The number of H-pyrrole nitrogens is 1. The Morgan fingerprint density at radius 3 is 2.81 bits per heavy atom. The average molecular weight is 312 g/mol. The Hall–Kier alpha value is -2.46. The number of ether oxygens (including phenoxy) is 1. The molecule has 1 aromatic heterocycles. The average Bonchev–Trinajstić information content (AvgIpc) is 2.98. The van der Waals surface area contributed by atoms with Crippen molar-refractivity contribution in [1.82, 2.24) is 19.9 Å². The Labute approximate surface area is 120 Å². The van der Waals surface area contributed by atoms with Crippen LogP contribution in [0.3, 0.4) is 0 Å². The Morgan fingerprint density at radius 2 is 2.24 bits per heavy atom. The summed E-state index contributed by atoms with van der Waals surface area (Å²) in [4.78, 5) is 14.5. The number of hydrogen-bond acceptors (Lipinski definition) is 6. The predicted octanol–water partition coefficient (Wildman–Crippen LogP) is -0.0100. The number of carbonyl (C=O) groups is 1. The van der Waals surface area contributed by atoms with E-state index in [2.05, 4.69) is 19.9 Å². The number of aromatic carboxylic acids is 1. The van der Waals surface area contributed by atoms with Crippen LogP contribution in [0.5, 0.6) is 5.75 Å². The molecule has 1 aromatic carbocycles. The van der Waals surface area contributed by atoms with Gasteiger partial charge in [-0.2, -0.15) is 5.10 Å². The van der Waals surface area contributed by atoms with Crippen molar-refractivity contribution in [3.05, 3.63) is 35.9 Å². The van der Waals surface area contributed by atoms with Crippen LogP contribution in [0.15, 0.2) is 29.4 Å². The molecule has 0 radical (unpaired) electrons. The van der Waals surface area contributed by atoms with Crippen LogP contribution in [0.25, 0.3) is 0 Å². The number of hydrogen-bond donors (Lipinski definition) is 3. The van der Waals surface area contributed by atoms with Gasteiger partial charge < -0.3 is 9.84 Å². The molecule has 0 unspecified atom stereocenters. The Balaban J connectivity index is 2.33. The zero-order valence-corrected chi connectivity index (χ0v) is 11.7. The summed E-state index contributed by atoms with van der Waals surface area (Å²) < 4.78 is 31.7. The van der Waals surface area contributed by atoms with E-state index in [0.29, 0.717) is 5.82 Å². The van der Waals surface area contributed by atoms with Crippen LogP contribution in [-0.4, -0.2) is 41.8 Å². The fourth-order valence-corrected chi connectivity index (χ4v) is 2.76. The first-order valence-electron chi connectivity index (χ1n) is 5.69. The number of carboxylic acids is 1. The first-order valence-corrected chi connectivity index (χ1v) is 7.17. The number of aromatic nitrogens is 3. The van der Waals surface area contributed by atoms with E-state index in [1.165, 1.54) is 25.6 Å². The van der Waals surface area contributed by atoms with E-state index in [0.717, 1.165) is 6.07 Å². The second kappa shape index (κ2) is 5.89. The van der Waals surface area contributed by atoms with Crippen molar-refractivity contribution in [3.63, 3.8) is 0 Å². The van der Waals surface area contributed by atoms with E-state index in [9.17, 15) is 13.2 Å². The lowest BCUT2D eigenvalue weighted by Gasteiger charge is -2.10. The van der Waals surface area contributed by atoms with Gasteiger partial charge in [-0.1, -0.05) is 0 Å². The maximum Gasteiger partial charge on any atom is 0.335 e. The van der Waals surface area contributed by atoms with E-state index >= 15 is 0 Å². The van der Waals surface area contributed by atoms with Gasteiger partial charge >= 0.3 is 5.97 Å². The van der Waals surface area contributed by atoms with Crippen molar-refractivity contribution in [2.24, 2.45) is 0 Å². The largest absolute Gasteiger partial charge is 0.495 e. The number of nitrogens with zero attached hydrogens (tertiary/aromatic N) is 2. The molecule has 0 saturated carbocycles. The first-order chi connectivity index (χ1) is 9.94. The van der Waals surface area contributed by atoms with Gasteiger partial charge in [-0.05, 0) is 18.2 Å². The third-order valence-corrected chi connectivity index (χ3v) is 4.02. The molecule has 112 valence electrons. The van der Waals surface area contributed by atoms with Crippen LogP contribution in [0.4, 0.5) is 0 Å². The Morgan fingerprint density at radius 1 is 1.48 bits per heavy atom. The van der Waals surface area contributed by atoms with Crippen molar-refractivity contribution in [1.29, 1.82) is 0 Å². The molecule has 2 rings (SSSR count). The molecule has 3 N–H and O–H groups in total. The second-order valence-electron chi connectivity index (χ2n) is 3.93. The van der Waals surface area contributed by atoms with E-state index in [1.807, 2.05) is 0 Å². The minimum absolute atomic E-state index is 0.0464. The fourth-order valence-electron chi connectivity index (χ4n) is 1.58. The monoisotopic (exact) mass is 312 g/mol. The molecule has 0 amide bonds. The van der Waals surface area contributed by atoms with Crippen molar-refractivity contribution >= 4 is 16.0 Å². The third-order valence-electron chi connectivity index (χ3n) is 2.59. The zero-order valence-electron chi connectivity index (χ0n) is 10.9. The van der Waals surface area contributed by atoms with Gasteiger partial charge in [0.05, 0.1) is 19.2 Å². The molecule has 0 aliphatic rings. The minimum atomic E-state index is -3.96. The van der Waals surface area contributed by atoms with E-state index in [1.54, 1.807) is 0 Å². The van der Waals surface area contributed by atoms with Gasteiger partial charge in [-0.3, -0.25) is 5.10 Å². The standard InChI is InChI=1S/C11H12N4O5S/c1-20-8-3-2-7(11(16)17)4-9(8)21(18,19)14-5-10-12-6-13-15-10/h2-4,6,14H,5H2,1H3,(H,16,17)(H,12,13,15). The summed E-state index contributed by atoms with van der Waals surface area (Å²) in [6, 6.07) is 3.58. The lowest BCUT2D eigenvalue weighted by molar-refractivity contribution is 0.0696. The van der Waals surface area contributed by atoms with Crippen LogP contribution in [-0.2, 0) is 16.6 Å². The SMILES string of the molecule is COc1ccc(C(=O)O)cc1S(=O)(=O)NCc1ncn[nH]1. The summed E-state index contributed by atoms with van der Waals surface area (Å²) in [7, 11) is -2.66. The molecular formula is C11H12N4O5S. The van der Waals surface area contributed by atoms with Crippen molar-refractivity contribution in [2.45, 2.75) is 11.4 Å². The summed E-state index contributed by atoms with van der Waals surface area (Å²) in [5.74, 6) is -0.860. The minimum Gasteiger partial charge on any atom is -0.495 e. The molecular weight excluding hydrogens is 300 g/mol. The summed E-state index contributed by atoms with van der Waals surface area (Å²) in [5, 5.41) is 15.0. The lowest BCUT2D eigenvalue weighted by Crippen LogP contribution is -2.24. The van der Waals surface area contributed by atoms with Crippen LogP contribution in [0.1, 0.15) is 16.2 Å². The molecule has 0 atom stereocenters. The van der Waals surface area contributed by atoms with Crippen molar-refractivity contribution in [2.75, 3.05) is 7.11 Å². The first kappa shape index (κ1) is 14.9. The molecule has 0 bridgehead atoms. The molecule has 1 heterocycles. The highest BCUT2D eigenvalue weighted by Gasteiger charge is 2.21. The van der Waals surface area contributed by atoms with Crippen LogP contribution < -0.4 is 9.46 Å². The summed E-state index contributed by atoms with van der Waals surface area (Å²) >= 11 is 0. The van der Waals surface area contributed by atoms with Crippen LogP contribution in [0.2, 0.25) is 0 Å². The molecule has 0 saturated heterocycles. The molecule has 21 heavy (non-hydrogen) atoms. The number of sulfonamides is 1. The second-order valence-corrected chi connectivity index (χ2v) is 5.66. The quantitative estimate of drug-likeness (QED) is 0.682. The molecule has 2 aromatic rings. The topological polar surface area (TPSA) is 134 Å². The number of rotatable bonds is 6. The molecule has 9 nitrogen and oxygen atoms in total. The van der Waals surface area contributed by atoms with E-state index < -0.39 is 16.0 Å². The number of benzene rings is 1. The number of nitrogens with one attached hydrogen (secondary N) is 2. The van der Waals surface area contributed by atoms with Crippen molar-refractivity contribution < 1.29 is 23.1 Å². The molecule has 0 aliphatic heterocycles. The van der Waals surface area contributed by atoms with Gasteiger partial charge in [0, 0.05) is 0 Å². The van der Waals surface area contributed by atoms with Crippen LogP contribution >= 0.6 is 0 Å². The third kappa shape index (κ3) is 3.35. The van der Waals surface area contributed by atoms with Crippen molar-refractivity contribution in [3.8, 4) is 5.75 Å². The highest BCUT2D eigenvalue weighted by Crippen LogP contribution is 2.24. The Kier molecular flexibility index (Phi) is 4.19. The maximum atomic E-state index is 12.2. The molecule has 0 fully saturated rings. The number of aromatic amines is 1.